The van der Waals surface area contributed by atoms with E-state index in [0.717, 1.165) is 29.4 Å². The highest BCUT2D eigenvalue weighted by atomic mass is 19.4. The van der Waals surface area contributed by atoms with E-state index in [-0.39, 0.29) is 12.4 Å². The smallest absolute Gasteiger partial charge is 0.422 e. The number of aryl methyl sites for hydroxylation is 1. The number of alkyl halides is 3. The van der Waals surface area contributed by atoms with Crippen LogP contribution in [0.4, 0.5) is 13.2 Å². The van der Waals surface area contributed by atoms with Crippen LogP contribution >= 0.6 is 0 Å². The minimum absolute atomic E-state index is 0.154. The lowest BCUT2D eigenvalue weighted by Crippen LogP contribution is -2.28. The largest absolute Gasteiger partial charge is 0.467 e. The van der Waals surface area contributed by atoms with Crippen LogP contribution in [0.5, 0.6) is 5.88 Å². The molecule has 0 spiro atoms. The number of rotatable bonds is 7. The third-order valence-corrected chi connectivity index (χ3v) is 4.71. The summed E-state index contributed by atoms with van der Waals surface area (Å²) in [7, 11) is 0. The first-order valence-electron chi connectivity index (χ1n) is 8.86. The molecular weight excluding hydrogens is 389 g/mol. The Morgan fingerprint density at radius 2 is 2.14 bits per heavy atom. The van der Waals surface area contributed by atoms with Crippen molar-refractivity contribution in [3.8, 4) is 5.88 Å². The number of ether oxygens (including phenoxy) is 1. The van der Waals surface area contributed by atoms with Gasteiger partial charge in [-0.1, -0.05) is 0 Å². The molecule has 3 aromatic rings. The standard InChI is InChI=1S/C18H17F3N6O2/c1-11-6-12(24-25-16(11)29-9-18(19,20)21)7-27-8-13-14(26-27)2-5-22-15(13)17(3-4-17)23-10-28/h2,5-6,8,10H,3-4,7,9H2,1H3,(H,23,28). The van der Waals surface area contributed by atoms with Crippen molar-refractivity contribution in [3.05, 3.63) is 41.5 Å². The summed E-state index contributed by atoms with van der Waals surface area (Å²) in [5, 5.41) is 15.9. The Morgan fingerprint density at radius 1 is 1.34 bits per heavy atom. The number of amides is 1. The maximum atomic E-state index is 12.3. The van der Waals surface area contributed by atoms with Crippen LogP contribution in [0.25, 0.3) is 10.9 Å². The van der Waals surface area contributed by atoms with Crippen LogP contribution in [0.1, 0.15) is 29.8 Å². The van der Waals surface area contributed by atoms with Gasteiger partial charge in [0.05, 0.1) is 29.0 Å². The lowest BCUT2D eigenvalue weighted by atomic mass is 10.1. The van der Waals surface area contributed by atoms with Gasteiger partial charge in [0, 0.05) is 23.3 Å². The van der Waals surface area contributed by atoms with Crippen LogP contribution in [0.2, 0.25) is 0 Å². The second-order valence-corrected chi connectivity index (χ2v) is 6.99. The average molecular weight is 406 g/mol. The molecule has 0 atom stereocenters. The molecule has 4 rings (SSSR count). The van der Waals surface area contributed by atoms with E-state index in [0.29, 0.717) is 17.7 Å². The second-order valence-electron chi connectivity index (χ2n) is 6.99. The fourth-order valence-corrected chi connectivity index (χ4v) is 3.21. The normalized spacial score (nSPS) is 15.3. The van der Waals surface area contributed by atoms with E-state index >= 15 is 0 Å². The highest BCUT2D eigenvalue weighted by molar-refractivity contribution is 5.82. The number of hydrogen-bond acceptors (Lipinski definition) is 6. The van der Waals surface area contributed by atoms with E-state index in [9.17, 15) is 18.0 Å². The van der Waals surface area contributed by atoms with Crippen molar-refractivity contribution in [2.75, 3.05) is 6.61 Å². The third-order valence-electron chi connectivity index (χ3n) is 4.71. The maximum Gasteiger partial charge on any atom is 0.422 e. The summed E-state index contributed by atoms with van der Waals surface area (Å²) in [5.41, 5.74) is 2.03. The fourth-order valence-electron chi connectivity index (χ4n) is 3.21. The van der Waals surface area contributed by atoms with E-state index in [1.807, 2.05) is 6.20 Å². The number of carbonyl (C=O) groups excluding carboxylic acids is 1. The van der Waals surface area contributed by atoms with Crippen LogP contribution in [0, 0.1) is 6.92 Å². The molecule has 3 heterocycles. The number of nitrogens with one attached hydrogen (secondary N) is 1. The SMILES string of the molecule is Cc1cc(Cn2cc3c(C4(NC=O)CC4)nccc3n2)nnc1OCC(F)(F)F. The van der Waals surface area contributed by atoms with Crippen molar-refractivity contribution in [1.82, 2.24) is 30.3 Å². The molecule has 1 saturated carbocycles. The monoisotopic (exact) mass is 406 g/mol. The summed E-state index contributed by atoms with van der Waals surface area (Å²) in [5.74, 6) is -0.154. The molecule has 0 bridgehead atoms. The summed E-state index contributed by atoms with van der Waals surface area (Å²) in [6, 6.07) is 3.39. The first-order valence-corrected chi connectivity index (χ1v) is 8.86. The molecule has 1 aliphatic rings. The molecule has 3 aromatic heterocycles. The van der Waals surface area contributed by atoms with Crippen molar-refractivity contribution in [3.63, 3.8) is 0 Å². The highest BCUT2D eigenvalue weighted by Crippen LogP contribution is 2.46. The number of nitrogens with zero attached hydrogens (tertiary/aromatic N) is 5. The van der Waals surface area contributed by atoms with Gasteiger partial charge in [-0.2, -0.15) is 18.3 Å². The Kier molecular flexibility index (Phi) is 4.59. The highest BCUT2D eigenvalue weighted by Gasteiger charge is 2.46. The number of fused-ring (bicyclic) bond motifs is 1. The summed E-state index contributed by atoms with van der Waals surface area (Å²) in [6.07, 6.45) is 1.33. The molecule has 1 fully saturated rings. The zero-order valence-electron chi connectivity index (χ0n) is 15.4. The van der Waals surface area contributed by atoms with Gasteiger partial charge in [0.15, 0.2) is 6.61 Å². The molecule has 0 aromatic carbocycles. The zero-order chi connectivity index (χ0) is 20.6. The molecule has 1 aliphatic carbocycles. The molecule has 29 heavy (non-hydrogen) atoms. The number of hydrogen-bond donors (Lipinski definition) is 1. The summed E-state index contributed by atoms with van der Waals surface area (Å²) >= 11 is 0. The average Bonchev–Trinajstić information content (AvgIpc) is 3.31. The van der Waals surface area contributed by atoms with Gasteiger partial charge in [-0.3, -0.25) is 14.5 Å². The number of carbonyl (C=O) groups is 1. The van der Waals surface area contributed by atoms with Crippen LogP contribution in [0.15, 0.2) is 24.5 Å². The molecule has 0 radical (unpaired) electrons. The van der Waals surface area contributed by atoms with Crippen molar-refractivity contribution >= 4 is 17.3 Å². The first kappa shape index (κ1) is 19.1. The van der Waals surface area contributed by atoms with Gasteiger partial charge in [-0.05, 0) is 31.9 Å². The Labute approximate surface area is 163 Å². The van der Waals surface area contributed by atoms with Gasteiger partial charge in [0.25, 0.3) is 0 Å². The number of pyridine rings is 1. The van der Waals surface area contributed by atoms with Crippen molar-refractivity contribution in [2.24, 2.45) is 0 Å². The lowest BCUT2D eigenvalue weighted by molar-refractivity contribution is -0.154. The van der Waals surface area contributed by atoms with Gasteiger partial charge >= 0.3 is 6.18 Å². The van der Waals surface area contributed by atoms with Gasteiger partial charge < -0.3 is 10.1 Å². The molecule has 0 aliphatic heterocycles. The summed E-state index contributed by atoms with van der Waals surface area (Å²) in [6.45, 7) is 0.460. The Morgan fingerprint density at radius 3 is 2.79 bits per heavy atom. The topological polar surface area (TPSA) is 94.8 Å². The van der Waals surface area contributed by atoms with E-state index in [1.165, 1.54) is 0 Å². The third kappa shape index (κ3) is 3.98. The molecule has 152 valence electrons. The molecule has 1 N–H and O–H groups in total. The van der Waals surface area contributed by atoms with Crippen molar-refractivity contribution in [1.29, 1.82) is 0 Å². The quantitative estimate of drug-likeness (QED) is 0.605. The molecule has 1 amide bonds. The van der Waals surface area contributed by atoms with Crippen LogP contribution in [-0.4, -0.2) is 44.2 Å². The summed E-state index contributed by atoms with van der Waals surface area (Å²) in [4.78, 5) is 15.4. The Hall–Kier alpha value is -3.24. The van der Waals surface area contributed by atoms with Gasteiger partial charge in [-0.15, -0.1) is 10.2 Å². The minimum atomic E-state index is -4.44. The fraction of sp³-hybridized carbons (Fsp3) is 0.389. The number of halogens is 3. The second kappa shape index (κ2) is 6.98. The predicted octanol–water partition coefficient (Wildman–Crippen LogP) is 2.25. The molecular formula is C18H17F3N6O2. The van der Waals surface area contributed by atoms with Crippen molar-refractivity contribution in [2.45, 2.75) is 38.0 Å². The molecule has 0 unspecified atom stereocenters. The minimum Gasteiger partial charge on any atom is -0.467 e. The lowest BCUT2D eigenvalue weighted by Gasteiger charge is -2.13. The predicted molar refractivity (Wildman–Crippen MR) is 95.1 cm³/mol. The zero-order valence-corrected chi connectivity index (χ0v) is 15.4. The van der Waals surface area contributed by atoms with Gasteiger partial charge in [0.1, 0.15) is 0 Å². The van der Waals surface area contributed by atoms with Crippen LogP contribution in [0.3, 0.4) is 0 Å². The van der Waals surface area contributed by atoms with E-state index in [1.54, 1.807) is 29.9 Å². The van der Waals surface area contributed by atoms with Crippen LogP contribution in [-0.2, 0) is 16.9 Å². The number of aromatic nitrogens is 5. The first-order chi connectivity index (χ1) is 13.8. The Bertz CT molecular complexity index is 1060. The summed E-state index contributed by atoms with van der Waals surface area (Å²) < 4.78 is 43.2. The van der Waals surface area contributed by atoms with Crippen molar-refractivity contribution < 1.29 is 22.7 Å². The molecule has 11 heteroatoms. The maximum absolute atomic E-state index is 12.3. The van der Waals surface area contributed by atoms with E-state index in [2.05, 4.69) is 30.3 Å². The van der Waals surface area contributed by atoms with Gasteiger partial charge in [-0.25, -0.2) is 0 Å². The molecule has 8 nitrogen and oxygen atoms in total. The van der Waals surface area contributed by atoms with Gasteiger partial charge in [0.2, 0.25) is 12.3 Å². The van der Waals surface area contributed by atoms with E-state index < -0.39 is 18.3 Å². The Balaban J connectivity index is 1.56. The van der Waals surface area contributed by atoms with Crippen LogP contribution < -0.4 is 10.1 Å². The molecule has 0 saturated heterocycles. The van der Waals surface area contributed by atoms with E-state index in [4.69, 9.17) is 0 Å².